The number of rotatable bonds is 6. The maximum Gasteiger partial charge on any atom is 0.406 e. The Kier molecular flexibility index (Phi) is 5.60. The molecule has 0 fully saturated rings. The van der Waals surface area contributed by atoms with Crippen LogP contribution in [0.15, 0.2) is 96.0 Å². The second-order valence-corrected chi connectivity index (χ2v) is 8.82. The standard InChI is InChI=1S/C23H19F3N2O2S/c24-23(25,26)22(27-31(29,30)18-11-5-2-6-12-18)16-28-15-20(17-9-3-1-4-10-17)19-13-7-8-14-21(19)28/h1-15,22,27H,16H2. The summed E-state index contributed by atoms with van der Waals surface area (Å²) in [4.78, 5) is -0.216. The molecule has 1 unspecified atom stereocenters. The number of halogens is 3. The molecule has 160 valence electrons. The van der Waals surface area contributed by atoms with Crippen LogP contribution in [-0.4, -0.2) is 25.2 Å². The Balaban J connectivity index is 1.73. The van der Waals surface area contributed by atoms with E-state index in [1.54, 1.807) is 24.4 Å². The lowest BCUT2D eigenvalue weighted by Gasteiger charge is -2.22. The van der Waals surface area contributed by atoms with Crippen molar-refractivity contribution in [1.29, 1.82) is 0 Å². The highest BCUT2D eigenvalue weighted by Crippen LogP contribution is 2.32. The van der Waals surface area contributed by atoms with Crippen molar-refractivity contribution in [3.05, 3.63) is 91.1 Å². The molecule has 1 atom stereocenters. The monoisotopic (exact) mass is 444 g/mol. The quantitative estimate of drug-likeness (QED) is 0.443. The van der Waals surface area contributed by atoms with Gasteiger partial charge in [-0.05, 0) is 23.8 Å². The summed E-state index contributed by atoms with van der Waals surface area (Å²) in [6, 6.07) is 21.2. The number of fused-ring (bicyclic) bond motifs is 1. The molecule has 1 N–H and O–H groups in total. The minimum Gasteiger partial charge on any atom is -0.345 e. The molecule has 4 aromatic rings. The van der Waals surface area contributed by atoms with Crippen LogP contribution in [0.4, 0.5) is 13.2 Å². The van der Waals surface area contributed by atoms with Crippen LogP contribution in [0, 0.1) is 0 Å². The van der Waals surface area contributed by atoms with E-state index in [0.717, 1.165) is 16.5 Å². The lowest BCUT2D eigenvalue weighted by atomic mass is 10.1. The van der Waals surface area contributed by atoms with Gasteiger partial charge < -0.3 is 4.57 Å². The number of alkyl halides is 3. The molecular formula is C23H19F3N2O2S. The molecule has 8 heteroatoms. The molecule has 1 heterocycles. The number of nitrogens with one attached hydrogen (secondary N) is 1. The van der Waals surface area contributed by atoms with Gasteiger partial charge in [0.1, 0.15) is 6.04 Å². The van der Waals surface area contributed by atoms with Crippen LogP contribution < -0.4 is 4.72 Å². The maximum atomic E-state index is 13.8. The van der Waals surface area contributed by atoms with E-state index in [4.69, 9.17) is 0 Å². The van der Waals surface area contributed by atoms with Crippen LogP contribution in [0.3, 0.4) is 0 Å². The number of aromatic nitrogens is 1. The number of nitrogens with zero attached hydrogens (tertiary/aromatic N) is 1. The predicted molar refractivity (Wildman–Crippen MR) is 114 cm³/mol. The van der Waals surface area contributed by atoms with E-state index < -0.39 is 28.8 Å². The number of benzene rings is 3. The Morgan fingerprint density at radius 2 is 1.42 bits per heavy atom. The smallest absolute Gasteiger partial charge is 0.345 e. The van der Waals surface area contributed by atoms with E-state index in [0.29, 0.717) is 5.52 Å². The second-order valence-electron chi connectivity index (χ2n) is 7.11. The molecule has 3 aromatic carbocycles. The van der Waals surface area contributed by atoms with Gasteiger partial charge >= 0.3 is 6.18 Å². The summed E-state index contributed by atoms with van der Waals surface area (Å²) >= 11 is 0. The van der Waals surface area contributed by atoms with E-state index in [1.165, 1.54) is 28.8 Å². The third-order valence-corrected chi connectivity index (χ3v) is 6.49. The first-order valence-electron chi connectivity index (χ1n) is 9.53. The van der Waals surface area contributed by atoms with Crippen LogP contribution in [0.2, 0.25) is 0 Å². The average Bonchev–Trinajstić information content (AvgIpc) is 3.12. The first-order valence-corrected chi connectivity index (χ1v) is 11.0. The highest BCUT2D eigenvalue weighted by molar-refractivity contribution is 7.89. The summed E-state index contributed by atoms with van der Waals surface area (Å²) in [6.45, 7) is -0.594. The number of hydrogen-bond acceptors (Lipinski definition) is 2. The molecule has 0 amide bonds. The van der Waals surface area contributed by atoms with Gasteiger partial charge in [0.2, 0.25) is 10.0 Å². The SMILES string of the molecule is O=S(=O)(NC(Cn1cc(-c2ccccc2)c2ccccc21)C(F)(F)F)c1ccccc1. The predicted octanol–water partition coefficient (Wildman–Crippen LogP) is 5.22. The molecule has 0 radical (unpaired) electrons. The first-order chi connectivity index (χ1) is 14.8. The molecule has 4 rings (SSSR count). The zero-order valence-electron chi connectivity index (χ0n) is 16.3. The van der Waals surface area contributed by atoms with Gasteiger partial charge in [0.25, 0.3) is 0 Å². The van der Waals surface area contributed by atoms with Crippen LogP contribution in [0.25, 0.3) is 22.0 Å². The minimum absolute atomic E-state index is 0.216. The maximum absolute atomic E-state index is 13.8. The summed E-state index contributed by atoms with van der Waals surface area (Å²) < 4.78 is 69.9. The summed E-state index contributed by atoms with van der Waals surface area (Å²) in [5.74, 6) is 0. The molecular weight excluding hydrogens is 425 g/mol. The summed E-state index contributed by atoms with van der Waals surface area (Å²) in [6.07, 6.45) is -3.14. The molecule has 0 saturated heterocycles. The van der Waals surface area contributed by atoms with Crippen molar-refractivity contribution in [3.8, 4) is 11.1 Å². The topological polar surface area (TPSA) is 51.1 Å². The summed E-state index contributed by atoms with van der Waals surface area (Å²) in [5.41, 5.74) is 2.24. The minimum atomic E-state index is -4.78. The normalized spacial score (nSPS) is 13.4. The van der Waals surface area contributed by atoms with Crippen LogP contribution in [0.1, 0.15) is 0 Å². The van der Waals surface area contributed by atoms with E-state index in [2.05, 4.69) is 0 Å². The molecule has 0 aliphatic heterocycles. The fourth-order valence-corrected chi connectivity index (χ4v) is 4.74. The van der Waals surface area contributed by atoms with Crippen LogP contribution >= 0.6 is 0 Å². The number of sulfonamides is 1. The zero-order chi connectivity index (χ0) is 22.1. The Morgan fingerprint density at radius 3 is 2.06 bits per heavy atom. The lowest BCUT2D eigenvalue weighted by Crippen LogP contribution is -2.47. The van der Waals surface area contributed by atoms with E-state index in [1.807, 2.05) is 47.2 Å². The zero-order valence-corrected chi connectivity index (χ0v) is 17.1. The molecule has 0 bridgehead atoms. The van der Waals surface area contributed by atoms with Crippen molar-refractivity contribution in [2.45, 2.75) is 23.7 Å². The first kappa shape index (κ1) is 21.1. The van der Waals surface area contributed by atoms with Gasteiger partial charge in [0.05, 0.1) is 4.90 Å². The fourth-order valence-electron chi connectivity index (χ4n) is 3.50. The van der Waals surface area contributed by atoms with Gasteiger partial charge in [-0.2, -0.15) is 17.9 Å². The van der Waals surface area contributed by atoms with Crippen LogP contribution in [-0.2, 0) is 16.6 Å². The highest BCUT2D eigenvalue weighted by Gasteiger charge is 2.42. The van der Waals surface area contributed by atoms with Crippen LogP contribution in [0.5, 0.6) is 0 Å². The van der Waals surface area contributed by atoms with Gasteiger partial charge in [0.15, 0.2) is 0 Å². The van der Waals surface area contributed by atoms with E-state index in [-0.39, 0.29) is 4.90 Å². The van der Waals surface area contributed by atoms with Gasteiger partial charge in [-0.3, -0.25) is 0 Å². The van der Waals surface area contributed by atoms with Crippen molar-refractivity contribution in [3.63, 3.8) is 0 Å². The third kappa shape index (κ3) is 4.50. The van der Waals surface area contributed by atoms with Crippen molar-refractivity contribution < 1.29 is 21.6 Å². The summed E-state index contributed by atoms with van der Waals surface area (Å²) in [7, 11) is -4.34. The molecule has 0 aliphatic carbocycles. The van der Waals surface area contributed by atoms with E-state index in [9.17, 15) is 21.6 Å². The van der Waals surface area contributed by atoms with Crippen molar-refractivity contribution in [2.24, 2.45) is 0 Å². The molecule has 1 aromatic heterocycles. The Bertz CT molecular complexity index is 1280. The lowest BCUT2D eigenvalue weighted by molar-refractivity contribution is -0.154. The Labute approximate surface area is 178 Å². The van der Waals surface area contributed by atoms with Gasteiger partial charge in [0, 0.05) is 29.2 Å². The molecule has 0 aliphatic rings. The second kappa shape index (κ2) is 8.20. The largest absolute Gasteiger partial charge is 0.406 e. The Hall–Kier alpha value is -3.10. The molecule has 0 spiro atoms. The van der Waals surface area contributed by atoms with Gasteiger partial charge in [-0.25, -0.2) is 8.42 Å². The van der Waals surface area contributed by atoms with Crippen molar-refractivity contribution in [1.82, 2.24) is 9.29 Å². The fraction of sp³-hybridized carbons (Fsp3) is 0.130. The number of hydrogen-bond donors (Lipinski definition) is 1. The molecule has 4 nitrogen and oxygen atoms in total. The van der Waals surface area contributed by atoms with Gasteiger partial charge in [-0.1, -0.05) is 66.7 Å². The average molecular weight is 444 g/mol. The highest BCUT2D eigenvalue weighted by atomic mass is 32.2. The molecule has 31 heavy (non-hydrogen) atoms. The third-order valence-electron chi connectivity index (χ3n) is 5.00. The van der Waals surface area contributed by atoms with Crippen molar-refractivity contribution >= 4 is 20.9 Å². The van der Waals surface area contributed by atoms with Crippen molar-refractivity contribution in [2.75, 3.05) is 0 Å². The van der Waals surface area contributed by atoms with E-state index >= 15 is 0 Å². The Morgan fingerprint density at radius 1 is 0.839 bits per heavy atom. The van der Waals surface area contributed by atoms with Gasteiger partial charge in [-0.15, -0.1) is 0 Å². The number of para-hydroxylation sites is 1. The summed E-state index contributed by atoms with van der Waals surface area (Å²) in [5, 5.41) is 0.792. The molecule has 0 saturated carbocycles.